The standard InChI is InChI=1S/C14H9N3O3/c18-12-9-3-1-2-4-10(9)13(19)11(12)16-17-14(20)8-5-6-15-7-8/h1-7,15H,(H,17,20). The Morgan fingerprint density at radius 1 is 1.05 bits per heavy atom. The van der Waals surface area contributed by atoms with Crippen LogP contribution >= 0.6 is 0 Å². The van der Waals surface area contributed by atoms with Crippen LogP contribution in [0, 0.1) is 0 Å². The maximum atomic E-state index is 12.0. The van der Waals surface area contributed by atoms with Crippen molar-refractivity contribution in [3.05, 3.63) is 74.1 Å². The normalized spacial score (nSPS) is 10.6. The Morgan fingerprint density at radius 2 is 1.70 bits per heavy atom. The minimum Gasteiger partial charge on any atom is -0.367 e. The molecule has 1 amide bonds. The van der Waals surface area contributed by atoms with Crippen molar-refractivity contribution >= 4 is 16.7 Å². The lowest BCUT2D eigenvalue weighted by molar-refractivity contribution is 0.0953. The summed E-state index contributed by atoms with van der Waals surface area (Å²) in [5.41, 5.74) is 1.63. The van der Waals surface area contributed by atoms with E-state index in [1.165, 1.54) is 6.20 Å². The number of nitrogens with zero attached hydrogens (tertiary/aromatic N) is 1. The molecule has 1 aromatic heterocycles. The van der Waals surface area contributed by atoms with Crippen molar-refractivity contribution in [3.63, 3.8) is 0 Å². The Hall–Kier alpha value is -3.02. The molecule has 0 radical (unpaired) electrons. The molecule has 98 valence electrons. The fourth-order valence-electron chi connectivity index (χ4n) is 1.98. The van der Waals surface area contributed by atoms with Crippen LogP contribution in [0.15, 0.2) is 57.4 Å². The van der Waals surface area contributed by atoms with Crippen molar-refractivity contribution in [2.45, 2.75) is 0 Å². The molecule has 1 heterocycles. The lowest BCUT2D eigenvalue weighted by Gasteiger charge is -1.93. The molecule has 0 saturated carbocycles. The van der Waals surface area contributed by atoms with Crippen molar-refractivity contribution in [2.24, 2.45) is 5.10 Å². The number of rotatable bonds is 2. The number of carbonyl (C=O) groups is 1. The SMILES string of the molecule is O=C(NN=c1c(=O)c2ccccc2c1=O)c1cc[nH]c1. The predicted octanol–water partition coefficient (Wildman–Crippen LogP) is 0.00960. The van der Waals surface area contributed by atoms with E-state index in [0.29, 0.717) is 16.3 Å². The number of aromatic amines is 1. The van der Waals surface area contributed by atoms with Crippen LogP contribution < -0.4 is 21.6 Å². The minimum atomic E-state index is -0.490. The summed E-state index contributed by atoms with van der Waals surface area (Å²) in [5, 5.41) is 4.02. The average Bonchev–Trinajstić information content (AvgIpc) is 3.07. The fraction of sp³-hybridized carbons (Fsp3) is 0. The van der Waals surface area contributed by atoms with Gasteiger partial charge in [0.2, 0.25) is 10.9 Å². The first-order valence-electron chi connectivity index (χ1n) is 5.87. The largest absolute Gasteiger partial charge is 0.367 e. The Bertz CT molecular complexity index is 882. The maximum Gasteiger partial charge on any atom is 0.272 e. The Labute approximate surface area is 112 Å². The Balaban J connectivity index is 2.07. The van der Waals surface area contributed by atoms with E-state index in [-0.39, 0.29) is 5.36 Å². The van der Waals surface area contributed by atoms with E-state index in [0.717, 1.165) is 0 Å². The van der Waals surface area contributed by atoms with Crippen molar-refractivity contribution in [3.8, 4) is 0 Å². The molecule has 2 aromatic carbocycles. The molecule has 20 heavy (non-hydrogen) atoms. The van der Waals surface area contributed by atoms with E-state index in [9.17, 15) is 14.4 Å². The van der Waals surface area contributed by atoms with Crippen LogP contribution in [0.1, 0.15) is 10.4 Å². The highest BCUT2D eigenvalue weighted by Crippen LogP contribution is 2.01. The molecule has 0 saturated heterocycles. The van der Waals surface area contributed by atoms with Gasteiger partial charge in [0.25, 0.3) is 5.91 Å². The van der Waals surface area contributed by atoms with Crippen molar-refractivity contribution < 1.29 is 4.79 Å². The number of H-pyrrole nitrogens is 1. The highest BCUT2D eigenvalue weighted by atomic mass is 16.2. The van der Waals surface area contributed by atoms with E-state index in [4.69, 9.17) is 0 Å². The number of benzene rings is 1. The summed E-state index contributed by atoms with van der Waals surface area (Å²) in [5.74, 6) is -0.490. The van der Waals surface area contributed by atoms with E-state index < -0.39 is 16.8 Å². The minimum absolute atomic E-state index is 0.268. The molecule has 2 N–H and O–H groups in total. The van der Waals surface area contributed by atoms with E-state index in [1.54, 1.807) is 36.5 Å². The van der Waals surface area contributed by atoms with Crippen molar-refractivity contribution in [1.29, 1.82) is 0 Å². The molecule has 0 aliphatic heterocycles. The first-order valence-corrected chi connectivity index (χ1v) is 5.87. The second-order valence-corrected chi connectivity index (χ2v) is 4.20. The average molecular weight is 267 g/mol. The van der Waals surface area contributed by atoms with Gasteiger partial charge in [-0.15, -0.1) is 0 Å². The van der Waals surface area contributed by atoms with Gasteiger partial charge in [-0.3, -0.25) is 14.4 Å². The van der Waals surface area contributed by atoms with Crippen LogP contribution in [0.2, 0.25) is 0 Å². The third-order valence-corrected chi connectivity index (χ3v) is 2.98. The maximum absolute atomic E-state index is 12.0. The number of carbonyl (C=O) groups excluding carboxylic acids is 1. The number of nitrogens with one attached hydrogen (secondary N) is 2. The van der Waals surface area contributed by atoms with Crippen LogP contribution in [0.3, 0.4) is 0 Å². The Morgan fingerprint density at radius 3 is 2.25 bits per heavy atom. The predicted molar refractivity (Wildman–Crippen MR) is 72.7 cm³/mol. The Kier molecular flexibility index (Phi) is 2.76. The smallest absolute Gasteiger partial charge is 0.272 e. The first-order chi connectivity index (χ1) is 9.68. The number of amides is 1. The second-order valence-electron chi connectivity index (χ2n) is 4.20. The van der Waals surface area contributed by atoms with Gasteiger partial charge in [-0.2, -0.15) is 5.10 Å². The summed E-state index contributed by atoms with van der Waals surface area (Å²) in [6.45, 7) is 0. The summed E-state index contributed by atoms with van der Waals surface area (Å²) >= 11 is 0. The number of hydrogen-bond acceptors (Lipinski definition) is 4. The van der Waals surface area contributed by atoms with Crippen molar-refractivity contribution in [2.75, 3.05) is 0 Å². The number of fused-ring (bicyclic) bond motifs is 1. The summed E-state index contributed by atoms with van der Waals surface area (Å²) < 4.78 is 0. The van der Waals surface area contributed by atoms with Gasteiger partial charge < -0.3 is 4.98 Å². The molecule has 0 bridgehead atoms. The quantitative estimate of drug-likeness (QED) is 0.641. The van der Waals surface area contributed by atoms with Gasteiger partial charge in [0.05, 0.1) is 5.56 Å². The third-order valence-electron chi connectivity index (χ3n) is 2.98. The zero-order valence-electron chi connectivity index (χ0n) is 10.2. The third kappa shape index (κ3) is 1.83. The molecule has 3 aromatic rings. The topological polar surface area (TPSA) is 91.4 Å². The molecule has 0 spiro atoms. The summed E-state index contributed by atoms with van der Waals surface area (Å²) in [6, 6.07) is 8.03. The van der Waals surface area contributed by atoms with E-state index in [1.807, 2.05) is 0 Å². The zero-order valence-corrected chi connectivity index (χ0v) is 10.2. The van der Waals surface area contributed by atoms with Gasteiger partial charge in [-0.1, -0.05) is 24.3 Å². The molecule has 0 fully saturated rings. The molecular weight excluding hydrogens is 258 g/mol. The second kappa shape index (κ2) is 4.58. The van der Waals surface area contributed by atoms with Crippen LogP contribution in [-0.4, -0.2) is 10.9 Å². The highest BCUT2D eigenvalue weighted by Gasteiger charge is 2.10. The number of aromatic nitrogens is 1. The molecule has 3 rings (SSSR count). The van der Waals surface area contributed by atoms with E-state index in [2.05, 4.69) is 15.5 Å². The van der Waals surface area contributed by atoms with Gasteiger partial charge in [0, 0.05) is 23.2 Å². The molecule has 0 aliphatic rings. The van der Waals surface area contributed by atoms with Gasteiger partial charge in [-0.25, -0.2) is 5.43 Å². The van der Waals surface area contributed by atoms with Gasteiger partial charge in [-0.05, 0) is 6.07 Å². The van der Waals surface area contributed by atoms with E-state index >= 15 is 0 Å². The summed E-state index contributed by atoms with van der Waals surface area (Å²) in [7, 11) is 0. The molecule has 6 nitrogen and oxygen atoms in total. The molecular formula is C14H9N3O3. The monoisotopic (exact) mass is 267 g/mol. The molecule has 0 unspecified atom stereocenters. The summed E-state index contributed by atoms with van der Waals surface area (Å²) in [4.78, 5) is 38.4. The van der Waals surface area contributed by atoms with Crippen molar-refractivity contribution in [1.82, 2.24) is 10.4 Å². The molecule has 0 aliphatic carbocycles. The first kappa shape index (κ1) is 12.0. The van der Waals surface area contributed by atoms with Gasteiger partial charge in [0.15, 0.2) is 5.36 Å². The lowest BCUT2D eigenvalue weighted by Crippen LogP contribution is -2.35. The van der Waals surface area contributed by atoms with Crippen LogP contribution in [0.5, 0.6) is 0 Å². The summed E-state index contributed by atoms with van der Waals surface area (Å²) in [6.07, 6.45) is 3.08. The number of hydrogen-bond donors (Lipinski definition) is 2. The van der Waals surface area contributed by atoms with Crippen LogP contribution in [0.25, 0.3) is 10.8 Å². The van der Waals surface area contributed by atoms with Gasteiger partial charge in [0.1, 0.15) is 0 Å². The lowest BCUT2D eigenvalue weighted by atomic mass is 10.2. The fourth-order valence-corrected chi connectivity index (χ4v) is 1.98. The van der Waals surface area contributed by atoms with Crippen LogP contribution in [0.4, 0.5) is 0 Å². The zero-order chi connectivity index (χ0) is 14.1. The highest BCUT2D eigenvalue weighted by molar-refractivity contribution is 5.93. The molecule has 6 heteroatoms. The van der Waals surface area contributed by atoms with Crippen LogP contribution in [-0.2, 0) is 0 Å². The molecule has 0 atom stereocenters. The van der Waals surface area contributed by atoms with Gasteiger partial charge >= 0.3 is 0 Å².